The molecule has 2 heterocycles. The lowest BCUT2D eigenvalue weighted by atomic mass is 10.1. The Morgan fingerprint density at radius 3 is 1.85 bits per heavy atom. The number of nitrogens with zero attached hydrogens (tertiary/aromatic N) is 9. The average molecular weight is 748 g/mol. The minimum atomic E-state index is -0.254. The van der Waals surface area contributed by atoms with E-state index in [1.165, 1.54) is 4.80 Å². The van der Waals surface area contributed by atoms with Gasteiger partial charge in [0.2, 0.25) is 11.7 Å². The van der Waals surface area contributed by atoms with E-state index in [1.54, 1.807) is 17.2 Å². The van der Waals surface area contributed by atoms with E-state index in [4.69, 9.17) is 14.2 Å². The van der Waals surface area contributed by atoms with Gasteiger partial charge in [-0.15, -0.1) is 20.8 Å². The Hall–Kier alpha value is -6.52. The summed E-state index contributed by atoms with van der Waals surface area (Å²) in [6.45, 7) is 1.56. The number of nitrogens with one attached hydrogen (secondary N) is 2. The number of ketones is 1. The van der Waals surface area contributed by atoms with Crippen molar-refractivity contribution >= 4 is 34.6 Å². The molecule has 0 unspecified atom stereocenters. The number of aromatic nitrogens is 4. The number of ether oxygens (including phenoxy) is 3. The van der Waals surface area contributed by atoms with Crippen LogP contribution in [0.5, 0.6) is 11.5 Å². The molecule has 55 heavy (non-hydrogen) atoms. The molecule has 2 N–H and O–H groups in total. The van der Waals surface area contributed by atoms with Crippen LogP contribution in [0.2, 0.25) is 0 Å². The third-order valence-electron chi connectivity index (χ3n) is 8.40. The molecule has 0 fully saturated rings. The number of Topliss-reactive ketones (excluding diaryl/α,β-unsaturated/α-hetero) is 1. The van der Waals surface area contributed by atoms with Crippen molar-refractivity contribution in [3.63, 3.8) is 0 Å². The molecule has 1 aliphatic heterocycles. The van der Waals surface area contributed by atoms with E-state index in [9.17, 15) is 9.59 Å². The second-order valence-electron chi connectivity index (χ2n) is 13.0. The number of hydrogen-bond donors (Lipinski definition) is 2. The zero-order valence-corrected chi connectivity index (χ0v) is 31.5. The number of carbonyl (C=O) groups excluding carboxylic acids is 2. The Balaban J connectivity index is 0.872. The van der Waals surface area contributed by atoms with Gasteiger partial charge in [0.25, 0.3) is 0 Å². The molecule has 5 aromatic rings. The lowest BCUT2D eigenvalue weighted by molar-refractivity contribution is -0.117. The molecular weight excluding hydrogens is 703 g/mol. The van der Waals surface area contributed by atoms with Crippen LogP contribution in [-0.2, 0) is 16.1 Å². The van der Waals surface area contributed by atoms with Crippen LogP contribution in [0.1, 0.15) is 15.9 Å². The largest absolute Gasteiger partial charge is 0.491 e. The molecule has 6 rings (SSSR count). The first-order valence-corrected chi connectivity index (χ1v) is 17.7. The molecule has 0 saturated carbocycles. The van der Waals surface area contributed by atoms with Gasteiger partial charge < -0.3 is 29.3 Å². The van der Waals surface area contributed by atoms with Crippen molar-refractivity contribution in [3.8, 4) is 22.9 Å². The van der Waals surface area contributed by atoms with Crippen molar-refractivity contribution in [1.29, 1.82) is 0 Å². The first-order chi connectivity index (χ1) is 26.6. The van der Waals surface area contributed by atoms with E-state index in [0.717, 1.165) is 22.5 Å². The van der Waals surface area contributed by atoms with Gasteiger partial charge in [-0.1, -0.05) is 0 Å². The second kappa shape index (κ2) is 18.0. The Labute approximate surface area is 319 Å². The number of hydrazone groups is 1. The van der Waals surface area contributed by atoms with Gasteiger partial charge >= 0.3 is 0 Å². The maximum absolute atomic E-state index is 13.0. The molecule has 4 aromatic carbocycles. The number of rotatable bonds is 18. The molecule has 1 aliphatic rings. The predicted octanol–water partition coefficient (Wildman–Crippen LogP) is 3.80. The molecule has 0 atom stereocenters. The van der Waals surface area contributed by atoms with Crippen LogP contribution in [0.15, 0.2) is 102 Å². The van der Waals surface area contributed by atoms with E-state index in [2.05, 4.69) is 31.4 Å². The Morgan fingerprint density at radius 1 is 0.709 bits per heavy atom. The fraction of sp³-hybridized carbons (Fsp3) is 0.282. The lowest BCUT2D eigenvalue weighted by Gasteiger charge is -2.20. The highest BCUT2D eigenvalue weighted by molar-refractivity contribution is 6.04. The highest BCUT2D eigenvalue weighted by atomic mass is 16.5. The average Bonchev–Trinajstić information content (AvgIpc) is 3.80. The van der Waals surface area contributed by atoms with Gasteiger partial charge in [-0.25, -0.2) is 5.12 Å². The highest BCUT2D eigenvalue weighted by Gasteiger charge is 2.25. The van der Waals surface area contributed by atoms with Crippen LogP contribution in [0.4, 0.5) is 17.1 Å². The lowest BCUT2D eigenvalue weighted by Crippen LogP contribution is -2.44. The minimum Gasteiger partial charge on any atom is -0.491 e. The van der Waals surface area contributed by atoms with E-state index in [1.807, 2.05) is 135 Å². The van der Waals surface area contributed by atoms with E-state index in [0.29, 0.717) is 60.8 Å². The fourth-order valence-electron chi connectivity index (χ4n) is 5.48. The minimum absolute atomic E-state index is 0.0256. The Kier molecular flexibility index (Phi) is 12.5. The predicted molar refractivity (Wildman–Crippen MR) is 210 cm³/mol. The van der Waals surface area contributed by atoms with Crippen molar-refractivity contribution in [2.75, 3.05) is 83.3 Å². The number of carbonyl (C=O) groups is 2. The number of hydrogen-bond acceptors (Lipinski definition) is 14. The third-order valence-corrected chi connectivity index (χ3v) is 8.40. The van der Waals surface area contributed by atoms with Gasteiger partial charge in [-0.2, -0.15) is 4.80 Å². The molecular formula is C39H45N11O5. The molecule has 0 saturated heterocycles. The molecule has 0 bridgehead atoms. The van der Waals surface area contributed by atoms with Crippen LogP contribution >= 0.6 is 0 Å². The molecule has 16 nitrogen and oxygen atoms in total. The molecule has 1 amide bonds. The van der Waals surface area contributed by atoms with Crippen LogP contribution in [0, 0.1) is 0 Å². The quantitative estimate of drug-likeness (QED) is 0.0988. The van der Waals surface area contributed by atoms with Gasteiger partial charge in [0.15, 0.2) is 11.6 Å². The Morgan fingerprint density at radius 2 is 1.27 bits per heavy atom. The summed E-state index contributed by atoms with van der Waals surface area (Å²) in [6, 6.07) is 29.9. The number of benzene rings is 4. The standard InChI is InChI=1S/C39H45N11O5/c1-46(2)32-14-6-28(7-15-32)36(51)26-49-39(43-48(5)45-49)30-10-20-35(21-11-30)55-25-23-53-22-24-54-34-18-8-29(9-19-34)38-41-44-50(42-38)27-37(52)40-31-12-16-33(17-13-31)47(3)4/h6-21,45H,22-27H2,1-5H3,(H,40,52). The SMILES string of the molecule is CN1N=C(c2ccc(OCCOCCOc3ccc(-c4nnn(CC(=O)Nc5ccc(N(C)C)cc5)n4)cc3)cc2)N(CC(=O)c2ccc(N(C)C)cc2)N1. The fourth-order valence-corrected chi connectivity index (χ4v) is 5.48. The molecule has 0 spiro atoms. The smallest absolute Gasteiger partial charge is 0.248 e. The van der Waals surface area contributed by atoms with E-state index >= 15 is 0 Å². The van der Waals surface area contributed by atoms with Crippen molar-refractivity contribution in [2.24, 2.45) is 5.10 Å². The molecule has 0 aliphatic carbocycles. The number of tetrazole rings is 1. The van der Waals surface area contributed by atoms with Gasteiger partial charge in [0.1, 0.15) is 37.8 Å². The van der Waals surface area contributed by atoms with Crippen molar-refractivity contribution in [3.05, 3.63) is 108 Å². The molecule has 286 valence electrons. The second-order valence-corrected chi connectivity index (χ2v) is 13.0. The summed E-state index contributed by atoms with van der Waals surface area (Å²) < 4.78 is 17.4. The summed E-state index contributed by atoms with van der Waals surface area (Å²) in [6.07, 6.45) is 0. The van der Waals surface area contributed by atoms with E-state index < -0.39 is 0 Å². The first-order valence-electron chi connectivity index (χ1n) is 17.7. The molecule has 1 aromatic heterocycles. The van der Waals surface area contributed by atoms with E-state index in [-0.39, 0.29) is 24.8 Å². The van der Waals surface area contributed by atoms with Gasteiger partial charge in [-0.05, 0) is 102 Å². The third kappa shape index (κ3) is 10.6. The summed E-state index contributed by atoms with van der Waals surface area (Å²) >= 11 is 0. The topological polar surface area (TPSA) is 155 Å². The summed E-state index contributed by atoms with van der Waals surface area (Å²) in [7, 11) is 9.62. The number of amidine groups is 1. The first kappa shape index (κ1) is 38.2. The van der Waals surface area contributed by atoms with Gasteiger partial charge in [0.05, 0.1) is 13.2 Å². The zero-order valence-electron chi connectivity index (χ0n) is 31.5. The van der Waals surface area contributed by atoms with Crippen LogP contribution < -0.4 is 30.1 Å². The zero-order chi connectivity index (χ0) is 38.7. The number of anilines is 3. The summed E-state index contributed by atoms with van der Waals surface area (Å²) in [4.78, 5) is 30.7. The van der Waals surface area contributed by atoms with Crippen LogP contribution in [0.3, 0.4) is 0 Å². The van der Waals surface area contributed by atoms with Crippen LogP contribution in [-0.4, -0.2) is 116 Å². The molecule has 16 heteroatoms. The van der Waals surface area contributed by atoms with Crippen molar-refractivity contribution in [1.82, 2.24) is 35.9 Å². The summed E-state index contributed by atoms with van der Waals surface area (Å²) in [5.41, 5.74) is 8.07. The maximum atomic E-state index is 13.0. The number of hydrazine groups is 2. The van der Waals surface area contributed by atoms with Gasteiger partial charge in [0, 0.05) is 69.0 Å². The van der Waals surface area contributed by atoms with Crippen LogP contribution in [0.25, 0.3) is 11.4 Å². The van der Waals surface area contributed by atoms with Crippen molar-refractivity contribution in [2.45, 2.75) is 6.54 Å². The Bertz CT molecular complexity index is 2050. The highest BCUT2D eigenvalue weighted by Crippen LogP contribution is 2.20. The normalized spacial score (nSPS) is 12.3. The maximum Gasteiger partial charge on any atom is 0.248 e. The monoisotopic (exact) mass is 747 g/mol. The molecule has 0 radical (unpaired) electrons. The summed E-state index contributed by atoms with van der Waals surface area (Å²) in [5, 5.41) is 23.1. The number of amides is 1. The van der Waals surface area contributed by atoms with Crippen molar-refractivity contribution < 1.29 is 23.8 Å². The van der Waals surface area contributed by atoms with Gasteiger partial charge in [-0.3, -0.25) is 14.6 Å². The summed E-state index contributed by atoms with van der Waals surface area (Å²) in [5.74, 6) is 2.12.